The van der Waals surface area contributed by atoms with Crippen LogP contribution in [0, 0.1) is 23.7 Å². The molecule has 0 unspecified atom stereocenters. The Balaban J connectivity index is 1.68. The van der Waals surface area contributed by atoms with Gasteiger partial charge in [0.15, 0.2) is 0 Å². The minimum Gasteiger partial charge on any atom is -0.494 e. The third-order valence-corrected chi connectivity index (χ3v) is 9.29. The van der Waals surface area contributed by atoms with Crippen molar-refractivity contribution in [2.45, 2.75) is 78.0 Å². The van der Waals surface area contributed by atoms with Crippen molar-refractivity contribution < 1.29 is 17.9 Å². The Morgan fingerprint density at radius 1 is 0.532 bits per heavy atom. The summed E-state index contributed by atoms with van der Waals surface area (Å²) >= 11 is 0. The SMILES string of the molecule is CC(C)CN(CCNCCCOc1ccc(S(=O)(=O)c2ccc(OCCCNCCN(CC(C)C)CC(C)C)cc2)cc1)CC(C)C. The molecule has 0 atom stereocenters. The topological polar surface area (TPSA) is 83.1 Å². The summed E-state index contributed by atoms with van der Waals surface area (Å²) in [6.07, 6.45) is 1.77. The summed E-state index contributed by atoms with van der Waals surface area (Å²) in [5, 5.41) is 7.04. The Morgan fingerprint density at radius 2 is 0.851 bits per heavy atom. The van der Waals surface area contributed by atoms with Gasteiger partial charge in [-0.1, -0.05) is 55.4 Å². The highest BCUT2D eigenvalue weighted by Crippen LogP contribution is 2.25. The lowest BCUT2D eigenvalue weighted by Gasteiger charge is -2.26. The minimum absolute atomic E-state index is 0.249. The Bertz CT molecular complexity index is 1080. The summed E-state index contributed by atoms with van der Waals surface area (Å²) in [6.45, 7) is 29.6. The van der Waals surface area contributed by atoms with E-state index >= 15 is 0 Å². The van der Waals surface area contributed by atoms with E-state index in [1.807, 2.05) is 0 Å². The second-order valence-corrected chi connectivity index (χ2v) is 16.4. The van der Waals surface area contributed by atoms with Crippen molar-refractivity contribution in [2.24, 2.45) is 23.7 Å². The molecule has 0 radical (unpaired) electrons. The summed E-state index contributed by atoms with van der Waals surface area (Å²) in [6, 6.07) is 13.4. The number of hydrogen-bond donors (Lipinski definition) is 2. The Morgan fingerprint density at radius 3 is 1.15 bits per heavy atom. The molecule has 268 valence electrons. The van der Waals surface area contributed by atoms with Crippen LogP contribution in [-0.2, 0) is 9.84 Å². The number of benzene rings is 2. The molecular weight excluding hydrogens is 609 g/mol. The van der Waals surface area contributed by atoms with Gasteiger partial charge in [-0.25, -0.2) is 8.42 Å². The van der Waals surface area contributed by atoms with E-state index < -0.39 is 9.84 Å². The molecule has 0 aromatic heterocycles. The molecule has 0 heterocycles. The van der Waals surface area contributed by atoms with Crippen molar-refractivity contribution in [3.8, 4) is 11.5 Å². The van der Waals surface area contributed by atoms with E-state index in [0.717, 1.165) is 78.3 Å². The quantitative estimate of drug-likeness (QED) is 0.110. The molecule has 9 heteroatoms. The predicted octanol–water partition coefficient (Wildman–Crippen LogP) is 6.46. The van der Waals surface area contributed by atoms with Gasteiger partial charge in [-0.3, -0.25) is 0 Å². The standard InChI is InChI=1S/C38H66N4O4S/c1-31(2)27-41(28-32(3)4)23-21-39-19-9-25-45-35-11-15-37(16-12-35)47(43,44)38-17-13-36(14-18-38)46-26-10-20-40-22-24-42(29-33(5)6)30-34(7)8/h11-18,31-34,39-40H,9-10,19-30H2,1-8H3. The number of rotatable bonds is 26. The number of ether oxygens (including phenoxy) is 2. The van der Waals surface area contributed by atoms with Crippen molar-refractivity contribution in [1.29, 1.82) is 0 Å². The van der Waals surface area contributed by atoms with Gasteiger partial charge in [0.1, 0.15) is 11.5 Å². The molecule has 0 spiro atoms. The molecule has 0 aliphatic rings. The van der Waals surface area contributed by atoms with E-state index in [0.29, 0.717) is 48.4 Å². The largest absolute Gasteiger partial charge is 0.494 e. The van der Waals surface area contributed by atoms with E-state index in [1.165, 1.54) is 0 Å². The Hall–Kier alpha value is -2.17. The van der Waals surface area contributed by atoms with Gasteiger partial charge in [0, 0.05) is 52.4 Å². The van der Waals surface area contributed by atoms with Crippen LogP contribution in [0.3, 0.4) is 0 Å². The van der Waals surface area contributed by atoms with Crippen LogP contribution in [0.25, 0.3) is 0 Å². The zero-order valence-corrected chi connectivity index (χ0v) is 31.6. The van der Waals surface area contributed by atoms with Gasteiger partial charge in [-0.15, -0.1) is 0 Å². The van der Waals surface area contributed by atoms with Crippen LogP contribution < -0.4 is 20.1 Å². The fourth-order valence-corrected chi connectivity index (χ4v) is 6.91. The molecule has 47 heavy (non-hydrogen) atoms. The van der Waals surface area contributed by atoms with Crippen molar-refractivity contribution >= 4 is 9.84 Å². The van der Waals surface area contributed by atoms with Crippen LogP contribution in [-0.4, -0.2) is 96.9 Å². The molecular formula is C38H66N4O4S. The number of sulfone groups is 1. The highest BCUT2D eigenvalue weighted by molar-refractivity contribution is 7.91. The molecule has 2 aromatic carbocycles. The average molecular weight is 675 g/mol. The fraction of sp³-hybridized carbons (Fsp3) is 0.684. The lowest BCUT2D eigenvalue weighted by Crippen LogP contribution is -2.37. The van der Waals surface area contributed by atoms with Gasteiger partial charge >= 0.3 is 0 Å². The minimum atomic E-state index is -3.63. The maximum Gasteiger partial charge on any atom is 0.206 e. The monoisotopic (exact) mass is 674 g/mol. The van der Waals surface area contributed by atoms with Gasteiger partial charge in [0.2, 0.25) is 9.84 Å². The Kier molecular flexibility index (Phi) is 19.6. The molecule has 0 fully saturated rings. The van der Waals surface area contributed by atoms with E-state index in [2.05, 4.69) is 75.8 Å². The van der Waals surface area contributed by atoms with Crippen LogP contribution >= 0.6 is 0 Å². The maximum atomic E-state index is 13.2. The zero-order chi connectivity index (χ0) is 34.7. The van der Waals surface area contributed by atoms with Crippen LogP contribution in [0.2, 0.25) is 0 Å². The first kappa shape index (κ1) is 41.0. The second kappa shape index (κ2) is 22.5. The van der Waals surface area contributed by atoms with Crippen LogP contribution in [0.4, 0.5) is 0 Å². The average Bonchev–Trinajstić information content (AvgIpc) is 2.99. The first-order valence-electron chi connectivity index (χ1n) is 17.9. The van der Waals surface area contributed by atoms with Crippen molar-refractivity contribution in [3.05, 3.63) is 48.5 Å². The van der Waals surface area contributed by atoms with Gasteiger partial charge < -0.3 is 29.9 Å². The molecule has 0 amide bonds. The van der Waals surface area contributed by atoms with Gasteiger partial charge in [0.25, 0.3) is 0 Å². The molecule has 0 saturated heterocycles. The third kappa shape index (κ3) is 17.7. The highest BCUT2D eigenvalue weighted by atomic mass is 32.2. The summed E-state index contributed by atoms with van der Waals surface area (Å²) in [4.78, 5) is 5.57. The van der Waals surface area contributed by atoms with Gasteiger partial charge in [0.05, 0.1) is 23.0 Å². The number of nitrogens with one attached hydrogen (secondary N) is 2. The highest BCUT2D eigenvalue weighted by Gasteiger charge is 2.18. The predicted molar refractivity (Wildman–Crippen MR) is 197 cm³/mol. The first-order valence-corrected chi connectivity index (χ1v) is 19.4. The van der Waals surface area contributed by atoms with Crippen LogP contribution in [0.15, 0.2) is 58.3 Å². The first-order chi connectivity index (χ1) is 22.4. The summed E-state index contributed by atoms with van der Waals surface area (Å²) in [7, 11) is -3.63. The van der Waals surface area contributed by atoms with E-state index in [1.54, 1.807) is 48.5 Å². The molecule has 8 nitrogen and oxygen atoms in total. The second-order valence-electron chi connectivity index (χ2n) is 14.4. The van der Waals surface area contributed by atoms with E-state index in [9.17, 15) is 8.42 Å². The van der Waals surface area contributed by atoms with Crippen molar-refractivity contribution in [1.82, 2.24) is 20.4 Å². The smallest absolute Gasteiger partial charge is 0.206 e. The van der Waals surface area contributed by atoms with Crippen molar-refractivity contribution in [3.63, 3.8) is 0 Å². The fourth-order valence-electron chi connectivity index (χ4n) is 5.64. The third-order valence-electron chi connectivity index (χ3n) is 7.50. The summed E-state index contributed by atoms with van der Waals surface area (Å²) in [5.74, 6) is 4.02. The number of hydrogen-bond acceptors (Lipinski definition) is 8. The Labute approximate surface area is 287 Å². The molecule has 0 saturated carbocycles. The van der Waals surface area contributed by atoms with Crippen LogP contribution in [0.1, 0.15) is 68.2 Å². The molecule has 2 rings (SSSR count). The summed E-state index contributed by atoms with van der Waals surface area (Å²) < 4.78 is 38.1. The molecule has 2 N–H and O–H groups in total. The lowest BCUT2D eigenvalue weighted by molar-refractivity contribution is 0.219. The van der Waals surface area contributed by atoms with Crippen molar-refractivity contribution in [2.75, 3.05) is 78.7 Å². The zero-order valence-electron chi connectivity index (χ0n) is 30.8. The van der Waals surface area contributed by atoms with E-state index in [-0.39, 0.29) is 9.79 Å². The molecule has 0 aliphatic heterocycles. The van der Waals surface area contributed by atoms with Gasteiger partial charge in [-0.2, -0.15) is 0 Å². The summed E-state index contributed by atoms with van der Waals surface area (Å²) in [5.41, 5.74) is 0. The van der Waals surface area contributed by atoms with Gasteiger partial charge in [-0.05, 0) is 98.1 Å². The normalized spacial score (nSPS) is 12.4. The lowest BCUT2D eigenvalue weighted by atomic mass is 10.1. The molecule has 0 aliphatic carbocycles. The number of nitrogens with zero attached hydrogens (tertiary/aromatic N) is 2. The molecule has 0 bridgehead atoms. The van der Waals surface area contributed by atoms with Crippen LogP contribution in [0.5, 0.6) is 11.5 Å². The maximum absolute atomic E-state index is 13.2. The molecule has 2 aromatic rings. The van der Waals surface area contributed by atoms with E-state index in [4.69, 9.17) is 9.47 Å².